The molecule has 3 nitrogen and oxygen atoms in total. The van der Waals surface area contributed by atoms with E-state index < -0.39 is 6.04 Å². The molecule has 2 heterocycles. The Morgan fingerprint density at radius 1 is 1.35 bits per heavy atom. The van der Waals surface area contributed by atoms with E-state index in [9.17, 15) is 4.79 Å². The Balaban J connectivity index is 2.24. The lowest BCUT2D eigenvalue weighted by Crippen LogP contribution is -2.22. The molecule has 1 amide bonds. The van der Waals surface area contributed by atoms with Crippen molar-refractivity contribution in [2.75, 3.05) is 5.32 Å². The van der Waals surface area contributed by atoms with Gasteiger partial charge in [-0.25, -0.2) is 0 Å². The van der Waals surface area contributed by atoms with Crippen LogP contribution in [-0.4, -0.2) is 17.7 Å². The first-order chi connectivity index (χ1) is 9.56. The van der Waals surface area contributed by atoms with Gasteiger partial charge >= 0.3 is 0 Å². The molecule has 0 fully saturated rings. The van der Waals surface area contributed by atoms with Crippen LogP contribution in [0.15, 0.2) is 35.3 Å². The summed E-state index contributed by atoms with van der Waals surface area (Å²) in [4.78, 5) is 16.6. The molecular formula is C14H10ClIN2OS. The van der Waals surface area contributed by atoms with E-state index >= 15 is 0 Å². The minimum atomic E-state index is -0.432. The maximum atomic E-state index is 12.0. The second kappa shape index (κ2) is 5.46. The van der Waals surface area contributed by atoms with Crippen molar-refractivity contribution < 1.29 is 4.79 Å². The van der Waals surface area contributed by atoms with Crippen molar-refractivity contribution >= 4 is 62.1 Å². The lowest BCUT2D eigenvalue weighted by molar-refractivity contribution is -0.116. The van der Waals surface area contributed by atoms with Crippen molar-refractivity contribution in [3.05, 3.63) is 49.4 Å². The summed E-state index contributed by atoms with van der Waals surface area (Å²) in [6.07, 6.45) is 0. The number of halogens is 2. The van der Waals surface area contributed by atoms with E-state index in [-0.39, 0.29) is 5.91 Å². The van der Waals surface area contributed by atoms with E-state index in [4.69, 9.17) is 11.6 Å². The molecule has 0 saturated heterocycles. The Hall–Kier alpha value is -0.920. The molecule has 2 aromatic rings. The summed E-state index contributed by atoms with van der Waals surface area (Å²) in [6, 6.07) is 9.17. The maximum Gasteiger partial charge on any atom is 0.249 e. The molecule has 0 spiro atoms. The van der Waals surface area contributed by atoms with Crippen molar-refractivity contribution in [1.82, 2.24) is 0 Å². The van der Waals surface area contributed by atoms with Gasteiger partial charge in [-0.3, -0.25) is 9.79 Å². The van der Waals surface area contributed by atoms with E-state index in [1.807, 2.05) is 30.3 Å². The fraction of sp³-hybridized carbons (Fsp3) is 0.143. The zero-order valence-electron chi connectivity index (χ0n) is 10.5. The predicted octanol–water partition coefficient (Wildman–Crippen LogP) is 4.18. The van der Waals surface area contributed by atoms with Crippen LogP contribution in [0.5, 0.6) is 0 Å². The number of nitrogens with one attached hydrogen (secondary N) is 1. The summed E-state index contributed by atoms with van der Waals surface area (Å²) in [5, 5.41) is 4.40. The smallest absolute Gasteiger partial charge is 0.249 e. The number of fused-ring (bicyclic) bond motifs is 1. The number of carbonyl (C=O) groups is 1. The number of aliphatic imine (C=N–C) groups is 1. The number of carbonyl (C=O) groups excluding carboxylic acids is 1. The van der Waals surface area contributed by atoms with E-state index in [2.05, 4.69) is 32.9 Å². The molecule has 1 aliphatic rings. The highest BCUT2D eigenvalue weighted by atomic mass is 127. The molecule has 1 aliphatic heterocycles. The van der Waals surface area contributed by atoms with Crippen LogP contribution in [0.3, 0.4) is 0 Å². The monoisotopic (exact) mass is 416 g/mol. The van der Waals surface area contributed by atoms with Crippen LogP contribution in [0.2, 0.25) is 5.02 Å². The topological polar surface area (TPSA) is 41.5 Å². The number of thiophene rings is 1. The molecule has 0 saturated carbocycles. The molecule has 1 N–H and O–H groups in total. The zero-order chi connectivity index (χ0) is 14.3. The number of benzene rings is 1. The van der Waals surface area contributed by atoms with E-state index in [1.54, 1.807) is 18.3 Å². The summed E-state index contributed by atoms with van der Waals surface area (Å²) in [6.45, 7) is 1.79. The average molecular weight is 417 g/mol. The average Bonchev–Trinajstić information content (AvgIpc) is 2.72. The first-order valence-corrected chi connectivity index (χ1v) is 8.27. The molecular weight excluding hydrogens is 407 g/mol. The first kappa shape index (κ1) is 14.0. The van der Waals surface area contributed by atoms with Gasteiger partial charge in [-0.1, -0.05) is 29.8 Å². The molecule has 3 rings (SSSR count). The number of hydrogen-bond donors (Lipinski definition) is 1. The Bertz CT molecular complexity index is 726. The molecule has 1 atom stereocenters. The third-order valence-electron chi connectivity index (χ3n) is 3.03. The van der Waals surface area contributed by atoms with Gasteiger partial charge in [-0.15, -0.1) is 11.3 Å². The summed E-state index contributed by atoms with van der Waals surface area (Å²) >= 11 is 10.1. The molecule has 0 aliphatic carbocycles. The van der Waals surface area contributed by atoms with Crippen molar-refractivity contribution in [2.45, 2.75) is 13.0 Å². The van der Waals surface area contributed by atoms with Gasteiger partial charge in [0, 0.05) is 16.1 Å². The number of amides is 1. The fourth-order valence-corrected chi connectivity index (χ4v) is 4.02. The van der Waals surface area contributed by atoms with Gasteiger partial charge in [0.05, 0.1) is 8.60 Å². The number of rotatable bonds is 1. The van der Waals surface area contributed by atoms with Crippen molar-refractivity contribution in [3.8, 4) is 0 Å². The summed E-state index contributed by atoms with van der Waals surface area (Å²) in [5.41, 5.74) is 2.56. The maximum absolute atomic E-state index is 12.0. The first-order valence-electron chi connectivity index (χ1n) is 5.99. The Morgan fingerprint density at radius 2 is 2.10 bits per heavy atom. The minimum Gasteiger partial charge on any atom is -0.315 e. The van der Waals surface area contributed by atoms with Crippen molar-refractivity contribution in [3.63, 3.8) is 0 Å². The van der Waals surface area contributed by atoms with Crippen molar-refractivity contribution in [1.29, 1.82) is 0 Å². The minimum absolute atomic E-state index is 0.0912. The molecule has 1 aromatic heterocycles. The van der Waals surface area contributed by atoms with Crippen LogP contribution < -0.4 is 5.32 Å². The highest BCUT2D eigenvalue weighted by molar-refractivity contribution is 14.1. The summed E-state index contributed by atoms with van der Waals surface area (Å²) in [7, 11) is 0. The fourth-order valence-electron chi connectivity index (χ4n) is 2.04. The van der Waals surface area contributed by atoms with Crippen LogP contribution in [0.1, 0.15) is 18.1 Å². The second-order valence-corrected chi connectivity index (χ2v) is 7.77. The van der Waals surface area contributed by atoms with E-state index in [0.717, 1.165) is 24.7 Å². The van der Waals surface area contributed by atoms with Crippen LogP contribution in [0, 0.1) is 2.88 Å². The van der Waals surface area contributed by atoms with Crippen LogP contribution >= 0.6 is 45.5 Å². The van der Waals surface area contributed by atoms with E-state index in [1.165, 1.54) is 0 Å². The van der Waals surface area contributed by atoms with E-state index in [0.29, 0.717) is 5.02 Å². The lowest BCUT2D eigenvalue weighted by Gasteiger charge is -2.07. The van der Waals surface area contributed by atoms with Crippen LogP contribution in [0.25, 0.3) is 0 Å². The highest BCUT2D eigenvalue weighted by Gasteiger charge is 2.25. The van der Waals surface area contributed by atoms with Gasteiger partial charge in [-0.2, -0.15) is 0 Å². The molecule has 6 heteroatoms. The normalized spacial score (nSPS) is 18.1. The Labute approximate surface area is 139 Å². The van der Waals surface area contributed by atoms with Gasteiger partial charge < -0.3 is 5.32 Å². The highest BCUT2D eigenvalue weighted by Crippen LogP contribution is 2.34. The third-order valence-corrected chi connectivity index (χ3v) is 5.17. The predicted molar refractivity (Wildman–Crippen MR) is 92.2 cm³/mol. The van der Waals surface area contributed by atoms with Gasteiger partial charge in [0.25, 0.3) is 0 Å². The van der Waals surface area contributed by atoms with Gasteiger partial charge in [-0.05, 0) is 41.6 Å². The SMILES string of the molecule is C[C@@H]1N=C(c2ccccc2Cl)c2cc(I)sc2NC1=O. The molecule has 0 bridgehead atoms. The lowest BCUT2D eigenvalue weighted by atomic mass is 10.0. The van der Waals surface area contributed by atoms with Gasteiger partial charge in [0.2, 0.25) is 5.91 Å². The number of hydrogen-bond acceptors (Lipinski definition) is 3. The van der Waals surface area contributed by atoms with Gasteiger partial charge in [0.15, 0.2) is 0 Å². The Kier molecular flexibility index (Phi) is 3.83. The Morgan fingerprint density at radius 3 is 2.85 bits per heavy atom. The van der Waals surface area contributed by atoms with Crippen molar-refractivity contribution in [2.24, 2.45) is 4.99 Å². The number of nitrogens with zero attached hydrogens (tertiary/aromatic N) is 1. The standard InChI is InChI=1S/C14H10ClIN2OS/c1-7-13(19)18-14-9(6-11(16)20-14)12(17-7)8-4-2-3-5-10(8)15/h2-7H,1H3,(H,18,19)/t7-/m0/s1. The van der Waals surface area contributed by atoms with Crippen LogP contribution in [0.4, 0.5) is 5.00 Å². The molecule has 0 radical (unpaired) electrons. The molecule has 0 unspecified atom stereocenters. The number of anilines is 1. The van der Waals surface area contributed by atoms with Gasteiger partial charge in [0.1, 0.15) is 11.0 Å². The molecule has 20 heavy (non-hydrogen) atoms. The molecule has 102 valence electrons. The third kappa shape index (κ3) is 2.49. The summed E-state index contributed by atoms with van der Waals surface area (Å²) in [5.74, 6) is -0.0912. The summed E-state index contributed by atoms with van der Waals surface area (Å²) < 4.78 is 1.10. The largest absolute Gasteiger partial charge is 0.315 e. The quantitative estimate of drug-likeness (QED) is 0.696. The zero-order valence-corrected chi connectivity index (χ0v) is 14.2. The van der Waals surface area contributed by atoms with Crippen LogP contribution in [-0.2, 0) is 4.79 Å². The molecule has 1 aromatic carbocycles. The second-order valence-electron chi connectivity index (χ2n) is 4.42.